The van der Waals surface area contributed by atoms with Crippen LogP contribution in [0.5, 0.6) is 0 Å². The van der Waals surface area contributed by atoms with Gasteiger partial charge in [-0.25, -0.2) is 8.42 Å². The molecule has 0 bridgehead atoms. The van der Waals surface area contributed by atoms with Crippen LogP contribution in [0, 0.1) is 6.92 Å². The molecule has 2 aliphatic heterocycles. The van der Waals surface area contributed by atoms with Crippen LogP contribution in [-0.4, -0.2) is 85.8 Å². The van der Waals surface area contributed by atoms with Gasteiger partial charge in [0, 0.05) is 38.8 Å². The van der Waals surface area contributed by atoms with Crippen LogP contribution in [0.15, 0.2) is 24.3 Å². The van der Waals surface area contributed by atoms with Crippen molar-refractivity contribution >= 4 is 15.7 Å². The van der Waals surface area contributed by atoms with Crippen molar-refractivity contribution in [3.63, 3.8) is 0 Å². The highest BCUT2D eigenvalue weighted by molar-refractivity contribution is 7.91. The van der Waals surface area contributed by atoms with Crippen LogP contribution < -0.4 is 0 Å². The Balaban J connectivity index is 1.50. The number of carbonyl (C=O) groups excluding carboxylic acids is 1. The fraction of sp³-hybridized carbons (Fsp3) is 0.667. The van der Waals surface area contributed by atoms with E-state index in [-0.39, 0.29) is 23.5 Å². The Kier molecular flexibility index (Phi) is 7.12. The molecule has 2 heterocycles. The molecule has 0 radical (unpaired) electrons. The van der Waals surface area contributed by atoms with E-state index in [0.717, 1.165) is 45.7 Å². The molecule has 1 amide bonds. The van der Waals surface area contributed by atoms with Gasteiger partial charge in [-0.05, 0) is 37.4 Å². The van der Waals surface area contributed by atoms with Crippen LogP contribution in [0.4, 0.5) is 0 Å². The number of nitrogens with zero attached hydrogens (tertiary/aromatic N) is 3. The number of rotatable bonds is 7. The fourth-order valence-corrected chi connectivity index (χ4v) is 5.96. The van der Waals surface area contributed by atoms with Crippen molar-refractivity contribution in [2.24, 2.45) is 0 Å². The van der Waals surface area contributed by atoms with E-state index in [1.807, 2.05) is 4.90 Å². The van der Waals surface area contributed by atoms with Gasteiger partial charge in [0.2, 0.25) is 5.91 Å². The summed E-state index contributed by atoms with van der Waals surface area (Å²) in [4.78, 5) is 19.3. The van der Waals surface area contributed by atoms with Gasteiger partial charge in [-0.2, -0.15) is 0 Å². The molecule has 7 heteroatoms. The molecule has 2 saturated heterocycles. The zero-order chi connectivity index (χ0) is 20.1. The molecule has 3 rings (SSSR count). The summed E-state index contributed by atoms with van der Waals surface area (Å²) in [6.45, 7) is 9.51. The highest BCUT2D eigenvalue weighted by atomic mass is 32.2. The summed E-state index contributed by atoms with van der Waals surface area (Å²) >= 11 is 0. The van der Waals surface area contributed by atoms with E-state index in [2.05, 4.69) is 47.9 Å². The first-order chi connectivity index (χ1) is 13.4. The molecule has 0 aliphatic carbocycles. The number of piperazine rings is 1. The number of amides is 1. The molecule has 0 saturated carbocycles. The maximum Gasteiger partial charge on any atom is 0.236 e. The minimum absolute atomic E-state index is 0.00348. The predicted octanol–water partition coefficient (Wildman–Crippen LogP) is 1.54. The second-order valence-corrected chi connectivity index (χ2v) is 10.3. The van der Waals surface area contributed by atoms with Crippen LogP contribution >= 0.6 is 0 Å². The summed E-state index contributed by atoms with van der Waals surface area (Å²) in [5, 5.41) is 0. The Hall–Kier alpha value is -1.44. The van der Waals surface area contributed by atoms with Gasteiger partial charge in [-0.15, -0.1) is 0 Å². The Morgan fingerprint density at radius 2 is 1.89 bits per heavy atom. The van der Waals surface area contributed by atoms with Gasteiger partial charge < -0.3 is 4.90 Å². The zero-order valence-corrected chi connectivity index (χ0v) is 18.0. The monoisotopic (exact) mass is 407 g/mol. The van der Waals surface area contributed by atoms with Crippen molar-refractivity contribution in [3.8, 4) is 0 Å². The van der Waals surface area contributed by atoms with Crippen molar-refractivity contribution in [2.45, 2.75) is 39.3 Å². The zero-order valence-electron chi connectivity index (χ0n) is 17.1. The highest BCUT2D eigenvalue weighted by Gasteiger charge is 2.33. The maximum absolute atomic E-state index is 12.8. The molecule has 0 N–H and O–H groups in total. The molecule has 1 aromatic carbocycles. The van der Waals surface area contributed by atoms with Crippen molar-refractivity contribution in [1.29, 1.82) is 0 Å². The van der Waals surface area contributed by atoms with Gasteiger partial charge in [0.05, 0.1) is 18.1 Å². The van der Waals surface area contributed by atoms with Crippen LogP contribution in [0.3, 0.4) is 0 Å². The summed E-state index contributed by atoms with van der Waals surface area (Å²) in [6, 6.07) is 8.45. The third-order valence-corrected chi connectivity index (χ3v) is 7.70. The van der Waals surface area contributed by atoms with Gasteiger partial charge in [0.1, 0.15) is 0 Å². The SMILES string of the molecule is CCCN(CC(=O)N1CCN(Cc2ccccc2C)CC1)C1CCS(=O)(=O)C1. The minimum atomic E-state index is -2.93. The molecular formula is C21H33N3O3S. The molecule has 1 aromatic rings. The number of sulfone groups is 1. The quantitative estimate of drug-likeness (QED) is 0.686. The second kappa shape index (κ2) is 9.37. The van der Waals surface area contributed by atoms with Gasteiger partial charge in [0.15, 0.2) is 9.84 Å². The largest absolute Gasteiger partial charge is 0.339 e. The lowest BCUT2D eigenvalue weighted by molar-refractivity contribution is -0.134. The first-order valence-electron chi connectivity index (χ1n) is 10.4. The molecule has 28 heavy (non-hydrogen) atoms. The van der Waals surface area contributed by atoms with Crippen molar-refractivity contribution in [2.75, 3.05) is 50.8 Å². The molecule has 2 aliphatic rings. The number of aryl methyl sites for hydroxylation is 1. The molecule has 156 valence electrons. The standard InChI is InChI=1S/C21H33N3O3S/c1-3-9-24(20-8-14-28(26,27)17-20)16-21(25)23-12-10-22(11-13-23)15-19-7-5-4-6-18(19)2/h4-7,20H,3,8-17H2,1-2H3. The lowest BCUT2D eigenvalue weighted by Crippen LogP contribution is -2.52. The topological polar surface area (TPSA) is 60.9 Å². The average Bonchev–Trinajstić information content (AvgIpc) is 3.03. The van der Waals surface area contributed by atoms with E-state index in [0.29, 0.717) is 13.0 Å². The Morgan fingerprint density at radius 3 is 2.50 bits per heavy atom. The lowest BCUT2D eigenvalue weighted by Gasteiger charge is -2.36. The Morgan fingerprint density at radius 1 is 1.18 bits per heavy atom. The molecule has 6 nitrogen and oxygen atoms in total. The summed E-state index contributed by atoms with van der Waals surface area (Å²) in [5.74, 6) is 0.585. The van der Waals surface area contributed by atoms with E-state index < -0.39 is 9.84 Å². The van der Waals surface area contributed by atoms with E-state index >= 15 is 0 Å². The summed E-state index contributed by atoms with van der Waals surface area (Å²) in [5.41, 5.74) is 2.65. The summed E-state index contributed by atoms with van der Waals surface area (Å²) in [7, 11) is -2.93. The van der Waals surface area contributed by atoms with Crippen LogP contribution in [0.25, 0.3) is 0 Å². The molecule has 0 aromatic heterocycles. The van der Waals surface area contributed by atoms with Gasteiger partial charge >= 0.3 is 0 Å². The normalized spacial score (nSPS) is 22.7. The number of benzene rings is 1. The van der Waals surface area contributed by atoms with Gasteiger partial charge in [-0.1, -0.05) is 31.2 Å². The van der Waals surface area contributed by atoms with E-state index in [4.69, 9.17) is 0 Å². The minimum Gasteiger partial charge on any atom is -0.339 e. The molecule has 2 fully saturated rings. The van der Waals surface area contributed by atoms with E-state index in [9.17, 15) is 13.2 Å². The number of hydrogen-bond donors (Lipinski definition) is 0. The third kappa shape index (κ3) is 5.55. The first kappa shape index (κ1) is 21.3. The predicted molar refractivity (Wildman–Crippen MR) is 112 cm³/mol. The van der Waals surface area contributed by atoms with Crippen molar-refractivity contribution in [3.05, 3.63) is 35.4 Å². The number of carbonyl (C=O) groups is 1. The molecule has 1 atom stereocenters. The first-order valence-corrected chi connectivity index (χ1v) is 12.2. The molecular weight excluding hydrogens is 374 g/mol. The Labute approximate surface area is 169 Å². The molecule has 1 unspecified atom stereocenters. The number of hydrogen-bond acceptors (Lipinski definition) is 5. The smallest absolute Gasteiger partial charge is 0.236 e. The van der Waals surface area contributed by atoms with Crippen molar-refractivity contribution < 1.29 is 13.2 Å². The second-order valence-electron chi connectivity index (χ2n) is 8.11. The van der Waals surface area contributed by atoms with E-state index in [1.54, 1.807) is 0 Å². The van der Waals surface area contributed by atoms with Crippen LogP contribution in [0.2, 0.25) is 0 Å². The van der Waals surface area contributed by atoms with Crippen LogP contribution in [0.1, 0.15) is 30.9 Å². The highest BCUT2D eigenvalue weighted by Crippen LogP contribution is 2.19. The Bertz CT molecular complexity index is 773. The van der Waals surface area contributed by atoms with Crippen LogP contribution in [-0.2, 0) is 21.2 Å². The summed E-state index contributed by atoms with van der Waals surface area (Å²) < 4.78 is 23.6. The summed E-state index contributed by atoms with van der Waals surface area (Å²) in [6.07, 6.45) is 1.58. The third-order valence-electron chi connectivity index (χ3n) is 5.95. The lowest BCUT2D eigenvalue weighted by atomic mass is 10.1. The van der Waals surface area contributed by atoms with Gasteiger partial charge in [0.25, 0.3) is 0 Å². The fourth-order valence-electron chi connectivity index (χ4n) is 4.20. The average molecular weight is 408 g/mol. The van der Waals surface area contributed by atoms with Crippen molar-refractivity contribution in [1.82, 2.24) is 14.7 Å². The molecule has 0 spiro atoms. The van der Waals surface area contributed by atoms with E-state index in [1.165, 1.54) is 11.1 Å². The van der Waals surface area contributed by atoms with Gasteiger partial charge in [-0.3, -0.25) is 14.6 Å². The maximum atomic E-state index is 12.8.